The van der Waals surface area contributed by atoms with Gasteiger partial charge in [-0.25, -0.2) is 4.79 Å². The SMILES string of the molecule is CC(C)[C@H](N)C(=O)N[C@@H]1CCCC[C@@H]1NC(=O)OC(C)(C)C. The van der Waals surface area contributed by atoms with Gasteiger partial charge in [-0.1, -0.05) is 26.7 Å². The molecule has 6 nitrogen and oxygen atoms in total. The lowest BCUT2D eigenvalue weighted by atomic mass is 9.90. The Hall–Kier alpha value is -1.30. The van der Waals surface area contributed by atoms with E-state index in [-0.39, 0.29) is 23.9 Å². The molecule has 1 aliphatic carbocycles. The molecule has 0 radical (unpaired) electrons. The Morgan fingerprint density at radius 2 is 1.59 bits per heavy atom. The molecule has 1 aliphatic rings. The van der Waals surface area contributed by atoms with Gasteiger partial charge in [-0.15, -0.1) is 0 Å². The quantitative estimate of drug-likeness (QED) is 0.739. The summed E-state index contributed by atoms with van der Waals surface area (Å²) in [4.78, 5) is 24.1. The van der Waals surface area contributed by atoms with Crippen molar-refractivity contribution in [3.63, 3.8) is 0 Å². The average Bonchev–Trinajstić information content (AvgIpc) is 2.37. The smallest absolute Gasteiger partial charge is 0.407 e. The van der Waals surface area contributed by atoms with Crippen LogP contribution in [0, 0.1) is 5.92 Å². The van der Waals surface area contributed by atoms with Crippen molar-refractivity contribution in [1.29, 1.82) is 0 Å². The van der Waals surface area contributed by atoms with Gasteiger partial charge in [0, 0.05) is 6.04 Å². The van der Waals surface area contributed by atoms with Gasteiger partial charge in [0.15, 0.2) is 0 Å². The van der Waals surface area contributed by atoms with Gasteiger partial charge >= 0.3 is 6.09 Å². The van der Waals surface area contributed by atoms with Crippen LogP contribution in [0.1, 0.15) is 60.3 Å². The van der Waals surface area contributed by atoms with Crippen LogP contribution >= 0.6 is 0 Å². The predicted octanol–water partition coefficient (Wildman–Crippen LogP) is 1.92. The number of rotatable bonds is 4. The first-order chi connectivity index (χ1) is 10.1. The predicted molar refractivity (Wildman–Crippen MR) is 86.4 cm³/mol. The number of nitrogens with one attached hydrogen (secondary N) is 2. The molecule has 0 bridgehead atoms. The lowest BCUT2D eigenvalue weighted by Crippen LogP contribution is -2.57. The Kier molecular flexibility index (Phi) is 6.66. The molecular weight excluding hydrogens is 282 g/mol. The van der Waals surface area contributed by atoms with Crippen LogP contribution in [0.15, 0.2) is 0 Å². The third-order valence-electron chi connectivity index (χ3n) is 3.82. The minimum absolute atomic E-state index is 0.0841. The molecule has 2 amide bonds. The van der Waals surface area contributed by atoms with E-state index in [1.807, 2.05) is 34.6 Å². The Morgan fingerprint density at radius 1 is 1.09 bits per heavy atom. The molecule has 1 fully saturated rings. The zero-order valence-corrected chi connectivity index (χ0v) is 14.4. The van der Waals surface area contributed by atoms with E-state index < -0.39 is 17.7 Å². The fourth-order valence-corrected chi connectivity index (χ4v) is 2.52. The van der Waals surface area contributed by atoms with E-state index in [4.69, 9.17) is 10.5 Å². The Balaban J connectivity index is 2.60. The molecule has 1 saturated carbocycles. The molecule has 0 saturated heterocycles. The van der Waals surface area contributed by atoms with Gasteiger partial charge in [0.2, 0.25) is 5.91 Å². The highest BCUT2D eigenvalue weighted by atomic mass is 16.6. The molecule has 0 aromatic heterocycles. The van der Waals surface area contributed by atoms with E-state index in [9.17, 15) is 9.59 Å². The van der Waals surface area contributed by atoms with Crippen molar-refractivity contribution < 1.29 is 14.3 Å². The number of carbonyl (C=O) groups is 2. The molecule has 6 heteroatoms. The maximum absolute atomic E-state index is 12.1. The van der Waals surface area contributed by atoms with Gasteiger partial charge in [0.1, 0.15) is 5.60 Å². The molecule has 0 aromatic rings. The van der Waals surface area contributed by atoms with E-state index in [0.29, 0.717) is 0 Å². The van der Waals surface area contributed by atoms with Gasteiger partial charge < -0.3 is 21.1 Å². The second kappa shape index (κ2) is 7.81. The normalized spacial score (nSPS) is 23.8. The molecule has 1 rings (SSSR count). The van der Waals surface area contributed by atoms with Gasteiger partial charge in [-0.3, -0.25) is 4.79 Å². The number of hydrogen-bond acceptors (Lipinski definition) is 4. The van der Waals surface area contributed by atoms with Crippen molar-refractivity contribution in [3.8, 4) is 0 Å². The van der Waals surface area contributed by atoms with Crippen LogP contribution < -0.4 is 16.4 Å². The van der Waals surface area contributed by atoms with E-state index in [2.05, 4.69) is 10.6 Å². The molecule has 0 heterocycles. The highest BCUT2D eigenvalue weighted by molar-refractivity contribution is 5.82. The van der Waals surface area contributed by atoms with Gasteiger partial charge in [0.25, 0.3) is 0 Å². The summed E-state index contributed by atoms with van der Waals surface area (Å²) in [6.45, 7) is 9.32. The Labute approximate surface area is 133 Å². The zero-order valence-electron chi connectivity index (χ0n) is 14.4. The fraction of sp³-hybridized carbons (Fsp3) is 0.875. The second-order valence-corrected chi connectivity index (χ2v) is 7.42. The van der Waals surface area contributed by atoms with Crippen molar-refractivity contribution in [2.45, 2.75) is 84.0 Å². The highest BCUT2D eigenvalue weighted by Crippen LogP contribution is 2.19. The van der Waals surface area contributed by atoms with Crippen LogP contribution in [-0.2, 0) is 9.53 Å². The second-order valence-electron chi connectivity index (χ2n) is 7.42. The summed E-state index contributed by atoms with van der Waals surface area (Å²) < 4.78 is 5.29. The molecule has 0 aromatic carbocycles. The molecule has 0 aliphatic heterocycles. The van der Waals surface area contributed by atoms with Crippen LogP contribution in [0.25, 0.3) is 0 Å². The minimum atomic E-state index is -0.530. The number of carbonyl (C=O) groups excluding carboxylic acids is 2. The summed E-state index contributed by atoms with van der Waals surface area (Å²) in [5.41, 5.74) is 5.35. The summed E-state index contributed by atoms with van der Waals surface area (Å²) in [7, 11) is 0. The van der Waals surface area contributed by atoms with E-state index in [1.54, 1.807) is 0 Å². The lowest BCUT2D eigenvalue weighted by molar-refractivity contribution is -0.124. The maximum atomic E-state index is 12.1. The maximum Gasteiger partial charge on any atom is 0.407 e. The third kappa shape index (κ3) is 6.22. The molecule has 128 valence electrons. The Morgan fingerprint density at radius 3 is 2.05 bits per heavy atom. The van der Waals surface area contributed by atoms with Gasteiger partial charge in [-0.05, 0) is 39.5 Å². The number of hydrogen-bond donors (Lipinski definition) is 3. The van der Waals surface area contributed by atoms with E-state index in [1.165, 1.54) is 0 Å². The van der Waals surface area contributed by atoms with E-state index in [0.717, 1.165) is 25.7 Å². The Bertz CT molecular complexity index is 391. The zero-order chi connectivity index (χ0) is 16.9. The van der Waals surface area contributed by atoms with Crippen molar-refractivity contribution >= 4 is 12.0 Å². The van der Waals surface area contributed by atoms with Crippen LogP contribution in [0.5, 0.6) is 0 Å². The first kappa shape index (κ1) is 18.7. The number of ether oxygens (including phenoxy) is 1. The molecule has 3 atom stereocenters. The standard InChI is InChI=1S/C16H31N3O3/c1-10(2)13(17)14(20)18-11-8-6-7-9-12(11)19-15(21)22-16(3,4)5/h10-13H,6-9,17H2,1-5H3,(H,18,20)(H,19,21)/t11-,12+,13+/m1/s1. The van der Waals surface area contributed by atoms with E-state index >= 15 is 0 Å². The molecule has 0 unspecified atom stereocenters. The summed E-state index contributed by atoms with van der Waals surface area (Å²) in [5.74, 6) is -0.0706. The van der Waals surface area contributed by atoms with Crippen molar-refractivity contribution in [3.05, 3.63) is 0 Å². The molecular formula is C16H31N3O3. The number of alkyl carbamates (subject to hydrolysis) is 1. The topological polar surface area (TPSA) is 93.5 Å². The lowest BCUT2D eigenvalue weighted by Gasteiger charge is -2.34. The molecule has 4 N–H and O–H groups in total. The summed E-state index contributed by atoms with van der Waals surface area (Å²) in [6.07, 6.45) is 3.31. The molecule has 0 spiro atoms. The van der Waals surface area contributed by atoms with Crippen LogP contribution in [-0.4, -0.2) is 35.7 Å². The molecule has 22 heavy (non-hydrogen) atoms. The van der Waals surface area contributed by atoms with Gasteiger partial charge in [0.05, 0.1) is 12.1 Å². The fourth-order valence-electron chi connectivity index (χ4n) is 2.52. The minimum Gasteiger partial charge on any atom is -0.444 e. The number of amides is 2. The number of nitrogens with two attached hydrogens (primary N) is 1. The van der Waals surface area contributed by atoms with Crippen molar-refractivity contribution in [2.24, 2.45) is 11.7 Å². The van der Waals surface area contributed by atoms with Crippen LogP contribution in [0.4, 0.5) is 4.79 Å². The monoisotopic (exact) mass is 313 g/mol. The van der Waals surface area contributed by atoms with Gasteiger partial charge in [-0.2, -0.15) is 0 Å². The first-order valence-corrected chi connectivity index (χ1v) is 8.15. The van der Waals surface area contributed by atoms with Crippen LogP contribution in [0.2, 0.25) is 0 Å². The first-order valence-electron chi connectivity index (χ1n) is 8.15. The summed E-state index contributed by atoms with van der Waals surface area (Å²) in [5, 5.41) is 5.87. The summed E-state index contributed by atoms with van der Waals surface area (Å²) >= 11 is 0. The van der Waals surface area contributed by atoms with Crippen molar-refractivity contribution in [1.82, 2.24) is 10.6 Å². The van der Waals surface area contributed by atoms with Crippen LogP contribution in [0.3, 0.4) is 0 Å². The average molecular weight is 313 g/mol. The summed E-state index contributed by atoms with van der Waals surface area (Å²) in [6, 6.07) is -0.713. The largest absolute Gasteiger partial charge is 0.444 e. The van der Waals surface area contributed by atoms with Crippen molar-refractivity contribution in [2.75, 3.05) is 0 Å². The highest BCUT2D eigenvalue weighted by Gasteiger charge is 2.31. The third-order valence-corrected chi connectivity index (χ3v) is 3.82.